The van der Waals surface area contributed by atoms with Crippen molar-refractivity contribution in [2.24, 2.45) is 0 Å². The molecule has 5 nitrogen and oxygen atoms in total. The molecule has 0 saturated carbocycles. The molecule has 1 heterocycles. The van der Waals surface area contributed by atoms with Gasteiger partial charge in [-0.2, -0.15) is 0 Å². The number of ether oxygens (including phenoxy) is 1. The van der Waals surface area contributed by atoms with Gasteiger partial charge in [0.1, 0.15) is 0 Å². The highest BCUT2D eigenvalue weighted by atomic mass is 16.5. The van der Waals surface area contributed by atoms with Crippen molar-refractivity contribution >= 4 is 11.6 Å². The molecule has 2 aromatic rings. The van der Waals surface area contributed by atoms with E-state index in [0.29, 0.717) is 12.0 Å². The van der Waals surface area contributed by atoms with E-state index >= 15 is 0 Å². The molecule has 1 amide bonds. The van der Waals surface area contributed by atoms with E-state index in [1.165, 1.54) is 5.56 Å². The summed E-state index contributed by atoms with van der Waals surface area (Å²) in [5.41, 5.74) is 4.51. The molecular weight excluding hydrogens is 340 g/mol. The van der Waals surface area contributed by atoms with Crippen molar-refractivity contribution in [3.05, 3.63) is 64.7 Å². The zero-order valence-corrected chi connectivity index (χ0v) is 16.1. The lowest BCUT2D eigenvalue weighted by Crippen LogP contribution is -2.37. The number of amides is 1. The molecule has 0 aliphatic carbocycles. The lowest BCUT2D eigenvalue weighted by Gasteiger charge is -2.27. The lowest BCUT2D eigenvalue weighted by molar-refractivity contribution is 0.0300. The molecule has 144 valence electrons. The monoisotopic (exact) mass is 368 g/mol. The number of aliphatic hydroxyl groups is 1. The van der Waals surface area contributed by atoms with Gasteiger partial charge in [0.2, 0.25) is 0 Å². The van der Waals surface area contributed by atoms with Crippen LogP contribution in [-0.2, 0) is 4.74 Å². The van der Waals surface area contributed by atoms with E-state index in [1.54, 1.807) is 0 Å². The van der Waals surface area contributed by atoms with Gasteiger partial charge in [-0.25, -0.2) is 0 Å². The summed E-state index contributed by atoms with van der Waals surface area (Å²) < 4.78 is 5.34. The zero-order valence-electron chi connectivity index (χ0n) is 16.1. The quantitative estimate of drug-likeness (QED) is 0.821. The van der Waals surface area contributed by atoms with Crippen LogP contribution in [0, 0.1) is 13.8 Å². The van der Waals surface area contributed by atoms with Gasteiger partial charge in [0.05, 0.1) is 19.3 Å². The highest BCUT2D eigenvalue weighted by Crippen LogP contribution is 2.20. The fraction of sp³-hybridized carbons (Fsp3) is 0.409. The molecule has 5 heteroatoms. The molecule has 1 aliphatic rings. The number of morpholine rings is 1. The Labute approximate surface area is 161 Å². The van der Waals surface area contributed by atoms with Crippen LogP contribution in [0.15, 0.2) is 42.5 Å². The van der Waals surface area contributed by atoms with Gasteiger partial charge in [-0.1, -0.05) is 18.2 Å². The van der Waals surface area contributed by atoms with E-state index in [9.17, 15) is 9.90 Å². The first-order valence-corrected chi connectivity index (χ1v) is 9.49. The molecule has 1 fully saturated rings. The molecule has 0 spiro atoms. The number of hydrogen-bond acceptors (Lipinski definition) is 4. The van der Waals surface area contributed by atoms with E-state index in [0.717, 1.165) is 49.7 Å². The summed E-state index contributed by atoms with van der Waals surface area (Å²) in [4.78, 5) is 14.7. The van der Waals surface area contributed by atoms with Crippen LogP contribution < -0.4 is 5.32 Å². The van der Waals surface area contributed by atoms with Gasteiger partial charge in [0, 0.05) is 30.9 Å². The number of aliphatic hydroxyl groups excluding tert-OH is 1. The fourth-order valence-electron chi connectivity index (χ4n) is 3.17. The van der Waals surface area contributed by atoms with Crippen LogP contribution in [0.2, 0.25) is 0 Å². The zero-order chi connectivity index (χ0) is 19.2. The van der Waals surface area contributed by atoms with Crippen molar-refractivity contribution in [2.75, 3.05) is 38.2 Å². The first kappa shape index (κ1) is 19.5. The summed E-state index contributed by atoms with van der Waals surface area (Å²) >= 11 is 0. The third-order valence-electron chi connectivity index (χ3n) is 5.14. The molecule has 1 saturated heterocycles. The van der Waals surface area contributed by atoms with Gasteiger partial charge in [-0.05, 0) is 61.2 Å². The number of aryl methyl sites for hydroxylation is 2. The van der Waals surface area contributed by atoms with Crippen molar-refractivity contribution in [1.82, 2.24) is 4.90 Å². The molecule has 2 N–H and O–H groups in total. The second kappa shape index (κ2) is 9.13. The molecule has 0 radical (unpaired) electrons. The van der Waals surface area contributed by atoms with Crippen LogP contribution in [0.5, 0.6) is 0 Å². The Bertz CT molecular complexity index is 768. The predicted molar refractivity (Wildman–Crippen MR) is 107 cm³/mol. The maximum Gasteiger partial charge on any atom is 0.255 e. The van der Waals surface area contributed by atoms with Crippen LogP contribution in [0.1, 0.15) is 39.6 Å². The Hall–Kier alpha value is -2.21. The molecule has 1 atom stereocenters. The highest BCUT2D eigenvalue weighted by Gasteiger charge is 2.14. The van der Waals surface area contributed by atoms with Crippen molar-refractivity contribution in [3.63, 3.8) is 0 Å². The van der Waals surface area contributed by atoms with Crippen LogP contribution in [0.3, 0.4) is 0 Å². The average Bonchev–Trinajstić information content (AvgIpc) is 2.69. The predicted octanol–water partition coefficient (Wildman–Crippen LogP) is 3.31. The molecular formula is C22H28N2O3. The van der Waals surface area contributed by atoms with E-state index in [4.69, 9.17) is 4.74 Å². The summed E-state index contributed by atoms with van der Waals surface area (Å²) in [5.74, 6) is -0.126. The molecule has 2 aromatic carbocycles. The van der Waals surface area contributed by atoms with E-state index in [1.807, 2.05) is 56.3 Å². The number of hydrogen-bond donors (Lipinski definition) is 2. The summed E-state index contributed by atoms with van der Waals surface area (Å²) in [6, 6.07) is 13.1. The van der Waals surface area contributed by atoms with Gasteiger partial charge in [-0.3, -0.25) is 9.69 Å². The molecule has 3 rings (SSSR count). The van der Waals surface area contributed by atoms with Crippen molar-refractivity contribution < 1.29 is 14.6 Å². The van der Waals surface area contributed by atoms with Gasteiger partial charge in [0.15, 0.2) is 0 Å². The molecule has 0 bridgehead atoms. The molecule has 27 heavy (non-hydrogen) atoms. The first-order valence-electron chi connectivity index (χ1n) is 9.49. The number of benzene rings is 2. The number of rotatable bonds is 6. The third-order valence-corrected chi connectivity index (χ3v) is 5.14. The summed E-state index contributed by atoms with van der Waals surface area (Å²) in [6.07, 6.45) is 0.186. The summed E-state index contributed by atoms with van der Waals surface area (Å²) in [5, 5.41) is 13.3. The number of anilines is 1. The van der Waals surface area contributed by atoms with Crippen molar-refractivity contribution in [1.29, 1.82) is 0 Å². The molecule has 1 aliphatic heterocycles. The maximum atomic E-state index is 12.4. The SMILES string of the molecule is Cc1ccc(C(=O)Nc2ccc(C(O)CCN3CCOCC3)cc2)cc1C. The fourth-order valence-corrected chi connectivity index (χ4v) is 3.17. The van der Waals surface area contributed by atoms with E-state index in [-0.39, 0.29) is 5.91 Å². The van der Waals surface area contributed by atoms with Crippen molar-refractivity contribution in [3.8, 4) is 0 Å². The summed E-state index contributed by atoms with van der Waals surface area (Å²) in [7, 11) is 0. The number of carbonyl (C=O) groups excluding carboxylic acids is 1. The molecule has 0 aromatic heterocycles. The van der Waals surface area contributed by atoms with Crippen LogP contribution in [0.25, 0.3) is 0 Å². The van der Waals surface area contributed by atoms with Gasteiger partial charge >= 0.3 is 0 Å². The first-order chi connectivity index (χ1) is 13.0. The Morgan fingerprint density at radius 2 is 1.81 bits per heavy atom. The average molecular weight is 368 g/mol. The van der Waals surface area contributed by atoms with Crippen molar-refractivity contribution in [2.45, 2.75) is 26.4 Å². The summed E-state index contributed by atoms with van der Waals surface area (Å²) in [6.45, 7) is 8.28. The highest BCUT2D eigenvalue weighted by molar-refractivity contribution is 6.04. The van der Waals surface area contributed by atoms with Crippen LogP contribution in [0.4, 0.5) is 5.69 Å². The Kier molecular flexibility index (Phi) is 6.61. The Morgan fingerprint density at radius 1 is 1.11 bits per heavy atom. The minimum Gasteiger partial charge on any atom is -0.388 e. The minimum atomic E-state index is -0.502. The largest absolute Gasteiger partial charge is 0.388 e. The topological polar surface area (TPSA) is 61.8 Å². The van der Waals surface area contributed by atoms with E-state index in [2.05, 4.69) is 10.2 Å². The number of nitrogens with one attached hydrogen (secondary N) is 1. The second-order valence-corrected chi connectivity index (χ2v) is 7.13. The minimum absolute atomic E-state index is 0.126. The Balaban J connectivity index is 1.54. The van der Waals surface area contributed by atoms with Crippen LogP contribution in [-0.4, -0.2) is 48.8 Å². The normalized spacial score (nSPS) is 16.1. The van der Waals surface area contributed by atoms with E-state index < -0.39 is 6.10 Å². The number of carbonyl (C=O) groups is 1. The Morgan fingerprint density at radius 3 is 2.48 bits per heavy atom. The maximum absolute atomic E-state index is 12.4. The van der Waals surface area contributed by atoms with Crippen LogP contribution >= 0.6 is 0 Å². The van der Waals surface area contributed by atoms with Gasteiger partial charge < -0.3 is 15.2 Å². The molecule has 1 unspecified atom stereocenters. The second-order valence-electron chi connectivity index (χ2n) is 7.13. The standard InChI is InChI=1S/C22H28N2O3/c1-16-3-4-19(15-17(16)2)22(26)23-20-7-5-18(6-8-20)21(25)9-10-24-11-13-27-14-12-24/h3-8,15,21,25H,9-14H2,1-2H3,(H,23,26). The van der Waals surface area contributed by atoms with Gasteiger partial charge in [-0.15, -0.1) is 0 Å². The lowest BCUT2D eigenvalue weighted by atomic mass is 10.0. The third kappa shape index (κ3) is 5.39. The van der Waals surface area contributed by atoms with Gasteiger partial charge in [0.25, 0.3) is 5.91 Å². The number of nitrogens with zero attached hydrogens (tertiary/aromatic N) is 1. The smallest absolute Gasteiger partial charge is 0.255 e.